The van der Waals surface area contributed by atoms with Crippen LogP contribution in [0.3, 0.4) is 0 Å². The zero-order valence-electron chi connectivity index (χ0n) is 23.4. The van der Waals surface area contributed by atoms with Crippen molar-refractivity contribution in [2.45, 2.75) is 32.2 Å². The third-order valence-electron chi connectivity index (χ3n) is 7.44. The molecule has 0 radical (unpaired) electrons. The third kappa shape index (κ3) is 7.74. The molecule has 4 aromatic rings. The number of nitrogen functional groups attached to an aromatic ring is 1. The van der Waals surface area contributed by atoms with E-state index in [1.807, 2.05) is 60.4 Å². The Morgan fingerprint density at radius 1 is 1.00 bits per heavy atom. The molecule has 0 spiro atoms. The van der Waals surface area contributed by atoms with Crippen molar-refractivity contribution >= 4 is 64.8 Å². The van der Waals surface area contributed by atoms with Gasteiger partial charge in [-0.3, -0.25) is 25.6 Å². The smallest absolute Gasteiger partial charge is 0.243 e. The first-order valence-electron chi connectivity index (χ1n) is 13.5. The van der Waals surface area contributed by atoms with E-state index in [-0.39, 0.29) is 43.1 Å². The number of aromatic nitrogens is 2. The molecule has 0 saturated carbocycles. The fourth-order valence-electron chi connectivity index (χ4n) is 5.26. The van der Waals surface area contributed by atoms with Gasteiger partial charge >= 0.3 is 0 Å². The van der Waals surface area contributed by atoms with Gasteiger partial charge < -0.3 is 20.9 Å². The summed E-state index contributed by atoms with van der Waals surface area (Å²) in [4.78, 5) is 26.3. The lowest BCUT2D eigenvalue weighted by Crippen LogP contribution is -2.36. The van der Waals surface area contributed by atoms with Crippen molar-refractivity contribution in [3.8, 4) is 0 Å². The van der Waals surface area contributed by atoms with Crippen LogP contribution in [0.2, 0.25) is 0 Å². The van der Waals surface area contributed by atoms with E-state index in [0.717, 1.165) is 53.9 Å². The molecular formula is C31H36Cl2N8O. The van der Waals surface area contributed by atoms with Crippen LogP contribution in [0.25, 0.3) is 11.0 Å². The highest BCUT2D eigenvalue weighted by Crippen LogP contribution is 2.29. The highest BCUT2D eigenvalue weighted by Gasteiger charge is 2.21. The summed E-state index contributed by atoms with van der Waals surface area (Å²) < 4.78 is 0. The van der Waals surface area contributed by atoms with Crippen LogP contribution in [0.4, 0.5) is 11.4 Å². The number of para-hydroxylation sites is 1. The van der Waals surface area contributed by atoms with E-state index in [2.05, 4.69) is 32.3 Å². The second-order valence-corrected chi connectivity index (χ2v) is 10.2. The molecule has 1 aliphatic heterocycles. The lowest BCUT2D eigenvalue weighted by molar-refractivity contribution is -0.115. The zero-order chi connectivity index (χ0) is 28.1. The number of likely N-dealkylation sites (tertiary alicyclic amines) is 1. The molecule has 1 fully saturated rings. The van der Waals surface area contributed by atoms with E-state index in [1.54, 1.807) is 18.5 Å². The van der Waals surface area contributed by atoms with Gasteiger partial charge in [0.15, 0.2) is 0 Å². The number of rotatable bonds is 8. The van der Waals surface area contributed by atoms with Crippen molar-refractivity contribution in [1.82, 2.24) is 14.9 Å². The maximum atomic E-state index is 13.3. The van der Waals surface area contributed by atoms with Crippen LogP contribution in [0.5, 0.6) is 0 Å². The second kappa shape index (κ2) is 14.6. The Bertz CT molecular complexity index is 1530. The Morgan fingerprint density at radius 2 is 1.69 bits per heavy atom. The molecule has 1 aromatic heterocycles. The number of nitrogens with zero attached hydrogens (tertiary/aromatic N) is 4. The number of fused-ring (bicyclic) bond motifs is 1. The molecular weight excluding hydrogens is 571 g/mol. The molecule has 2 heterocycles. The Morgan fingerprint density at radius 3 is 2.38 bits per heavy atom. The summed E-state index contributed by atoms with van der Waals surface area (Å²) in [6.07, 6.45) is 5.38. The van der Waals surface area contributed by atoms with Crippen molar-refractivity contribution in [2.24, 2.45) is 5.73 Å². The minimum atomic E-state index is -0.151. The first-order chi connectivity index (χ1) is 19.4. The maximum absolute atomic E-state index is 13.3. The van der Waals surface area contributed by atoms with Gasteiger partial charge in [-0.05, 0) is 67.1 Å². The van der Waals surface area contributed by atoms with Crippen LogP contribution < -0.4 is 16.0 Å². The second-order valence-electron chi connectivity index (χ2n) is 10.2. The monoisotopic (exact) mass is 606 g/mol. The van der Waals surface area contributed by atoms with E-state index in [4.69, 9.17) is 16.6 Å². The summed E-state index contributed by atoms with van der Waals surface area (Å²) in [5.41, 5.74) is 11.7. The molecule has 1 saturated heterocycles. The Hall–Kier alpha value is -4.21. The minimum Gasteiger partial charge on any atom is -0.384 e. The molecule has 0 atom stereocenters. The van der Waals surface area contributed by atoms with Gasteiger partial charge in [-0.15, -0.1) is 24.8 Å². The SMILES string of the molecule is CC(=N)N1CCC(c2ccc(NC(=O)CN(Cc3cccc4nccnc34)c3cccc(C(=N)N)c3)cc2)CC1.Cl.Cl. The number of amides is 1. The number of amidine groups is 2. The molecule has 0 unspecified atom stereocenters. The van der Waals surface area contributed by atoms with E-state index in [0.29, 0.717) is 23.9 Å². The lowest BCUT2D eigenvalue weighted by Gasteiger charge is -2.33. The van der Waals surface area contributed by atoms with E-state index in [9.17, 15) is 4.79 Å². The molecule has 11 heteroatoms. The Labute approximate surface area is 258 Å². The van der Waals surface area contributed by atoms with Gasteiger partial charge in [0.25, 0.3) is 0 Å². The van der Waals surface area contributed by atoms with E-state index in [1.165, 1.54) is 5.56 Å². The molecule has 5 rings (SSSR count). The molecule has 220 valence electrons. The largest absolute Gasteiger partial charge is 0.384 e. The van der Waals surface area contributed by atoms with Crippen LogP contribution in [0.15, 0.2) is 79.1 Å². The molecule has 0 aliphatic carbocycles. The van der Waals surface area contributed by atoms with Crippen LogP contribution in [-0.2, 0) is 11.3 Å². The molecule has 9 nitrogen and oxygen atoms in total. The number of piperidine rings is 1. The molecule has 1 amide bonds. The minimum absolute atomic E-state index is 0. The summed E-state index contributed by atoms with van der Waals surface area (Å²) in [5.74, 6) is 0.920. The number of carbonyl (C=O) groups excluding carboxylic acids is 1. The number of benzene rings is 3. The fourth-order valence-corrected chi connectivity index (χ4v) is 5.26. The summed E-state index contributed by atoms with van der Waals surface area (Å²) in [6, 6.07) is 21.3. The van der Waals surface area contributed by atoms with Crippen LogP contribution in [0.1, 0.15) is 42.4 Å². The van der Waals surface area contributed by atoms with Crippen LogP contribution in [-0.4, -0.2) is 52.1 Å². The van der Waals surface area contributed by atoms with Gasteiger partial charge in [-0.25, -0.2) is 0 Å². The Kier molecular flexibility index (Phi) is 11.2. The topological polar surface area (TPSA) is 135 Å². The van der Waals surface area contributed by atoms with Gasteiger partial charge in [0, 0.05) is 49.0 Å². The number of hydrogen-bond acceptors (Lipinski definition) is 6. The molecule has 0 bridgehead atoms. The Balaban J connectivity index is 0.00000242. The third-order valence-corrected chi connectivity index (χ3v) is 7.44. The summed E-state index contributed by atoms with van der Waals surface area (Å²) in [6.45, 7) is 4.18. The number of nitrogens with two attached hydrogens (primary N) is 1. The van der Waals surface area contributed by atoms with Gasteiger partial charge in [0.1, 0.15) is 5.84 Å². The fraction of sp³-hybridized carbons (Fsp3) is 0.258. The predicted octanol–water partition coefficient (Wildman–Crippen LogP) is 5.58. The number of carbonyl (C=O) groups is 1. The van der Waals surface area contributed by atoms with Gasteiger partial charge in [-0.1, -0.05) is 36.4 Å². The molecule has 5 N–H and O–H groups in total. The van der Waals surface area contributed by atoms with Crippen molar-refractivity contribution in [1.29, 1.82) is 10.8 Å². The number of nitrogens with one attached hydrogen (secondary N) is 3. The number of anilines is 2. The first kappa shape index (κ1) is 32.3. The normalized spacial score (nSPS) is 13.0. The molecule has 42 heavy (non-hydrogen) atoms. The van der Waals surface area contributed by atoms with Crippen molar-refractivity contribution in [3.05, 3.63) is 95.8 Å². The van der Waals surface area contributed by atoms with Crippen molar-refractivity contribution < 1.29 is 4.79 Å². The quantitative estimate of drug-likeness (QED) is 0.153. The summed E-state index contributed by atoms with van der Waals surface area (Å²) in [7, 11) is 0. The van der Waals surface area contributed by atoms with Crippen molar-refractivity contribution in [3.63, 3.8) is 0 Å². The number of halogens is 2. The average Bonchev–Trinajstić information content (AvgIpc) is 2.97. The molecule has 1 aliphatic rings. The lowest BCUT2D eigenvalue weighted by atomic mass is 9.89. The average molecular weight is 608 g/mol. The summed E-state index contributed by atoms with van der Waals surface area (Å²) >= 11 is 0. The standard InChI is InChI=1S/C31H34N8O.2ClH/c1-21(32)38-16-12-23(13-17-38)22-8-10-26(11-9-22)37-29(40)20-39(27-6-2-4-24(18-27)31(33)34)19-25-5-3-7-28-30(25)36-15-14-35-28;;/h2-11,14-15,18,23,32H,12-13,16-17,19-20H2,1H3,(H3,33,34)(H,37,40);2*1H. The first-order valence-corrected chi connectivity index (χ1v) is 13.5. The van der Waals surface area contributed by atoms with E-state index < -0.39 is 0 Å². The predicted molar refractivity (Wildman–Crippen MR) is 175 cm³/mol. The van der Waals surface area contributed by atoms with Crippen LogP contribution >= 0.6 is 24.8 Å². The number of hydrogen-bond donors (Lipinski definition) is 4. The summed E-state index contributed by atoms with van der Waals surface area (Å²) in [5, 5.41) is 18.7. The van der Waals surface area contributed by atoms with Crippen molar-refractivity contribution in [2.75, 3.05) is 29.9 Å². The van der Waals surface area contributed by atoms with Gasteiger partial charge in [-0.2, -0.15) is 0 Å². The highest BCUT2D eigenvalue weighted by atomic mass is 35.5. The van der Waals surface area contributed by atoms with Gasteiger partial charge in [0.05, 0.1) is 23.4 Å². The van der Waals surface area contributed by atoms with Crippen LogP contribution in [0, 0.1) is 10.8 Å². The van der Waals surface area contributed by atoms with Gasteiger partial charge in [0.2, 0.25) is 5.91 Å². The zero-order valence-corrected chi connectivity index (χ0v) is 25.0. The van der Waals surface area contributed by atoms with E-state index >= 15 is 0 Å². The highest BCUT2D eigenvalue weighted by molar-refractivity contribution is 5.97. The molecule has 3 aromatic carbocycles. The maximum Gasteiger partial charge on any atom is 0.243 e.